The molecule has 0 spiro atoms. The predicted molar refractivity (Wildman–Crippen MR) is 97.8 cm³/mol. The smallest absolute Gasteiger partial charge is 0.414 e. The molecule has 0 bridgehead atoms. The van der Waals surface area contributed by atoms with Crippen LogP contribution in [0, 0.1) is 10.1 Å². The zero-order chi connectivity index (χ0) is 18.6. The van der Waals surface area contributed by atoms with Crippen LogP contribution in [0.25, 0.3) is 11.1 Å². The van der Waals surface area contributed by atoms with Gasteiger partial charge in [-0.3, -0.25) is 15.0 Å². The second-order valence-corrected chi connectivity index (χ2v) is 6.55. The molecular formula is C19H22N2O4. The van der Waals surface area contributed by atoms with Crippen LogP contribution in [-0.4, -0.2) is 23.2 Å². The Morgan fingerprint density at radius 3 is 2.44 bits per heavy atom. The molecule has 0 unspecified atom stereocenters. The molecule has 0 aliphatic rings. The highest BCUT2D eigenvalue weighted by Crippen LogP contribution is 2.33. The van der Waals surface area contributed by atoms with Crippen molar-refractivity contribution in [3.63, 3.8) is 0 Å². The van der Waals surface area contributed by atoms with Crippen LogP contribution < -0.4 is 4.90 Å². The topological polar surface area (TPSA) is 72.7 Å². The number of anilines is 1. The maximum atomic E-state index is 12.5. The maximum absolute atomic E-state index is 12.5. The summed E-state index contributed by atoms with van der Waals surface area (Å²) in [5, 5.41) is 11.0. The lowest BCUT2D eigenvalue weighted by Gasteiger charge is -2.28. The summed E-state index contributed by atoms with van der Waals surface area (Å²) in [4.78, 5) is 24.7. The van der Waals surface area contributed by atoms with Crippen LogP contribution in [0.2, 0.25) is 0 Å². The molecule has 0 saturated heterocycles. The van der Waals surface area contributed by atoms with Gasteiger partial charge in [-0.1, -0.05) is 30.3 Å². The molecular weight excluding hydrogens is 320 g/mol. The van der Waals surface area contributed by atoms with Gasteiger partial charge in [0.05, 0.1) is 10.6 Å². The molecule has 25 heavy (non-hydrogen) atoms. The van der Waals surface area contributed by atoms with Crippen LogP contribution in [0.1, 0.15) is 27.7 Å². The Labute approximate surface area is 147 Å². The quantitative estimate of drug-likeness (QED) is 0.577. The molecule has 0 heterocycles. The fourth-order valence-corrected chi connectivity index (χ4v) is 2.45. The second-order valence-electron chi connectivity index (χ2n) is 6.55. The van der Waals surface area contributed by atoms with E-state index >= 15 is 0 Å². The molecule has 0 aliphatic carbocycles. The standard InChI is InChI=1S/C19H22N2O4/c1-5-20(18(22)25-19(2,3)4)17-12-7-6-11-16(17)14-9-8-10-15(13-14)21(23)24/h6-13H,5H2,1-4H3. The molecule has 0 aromatic heterocycles. The third kappa shape index (κ3) is 4.56. The number of nitrogens with zero attached hydrogens (tertiary/aromatic N) is 2. The fourth-order valence-electron chi connectivity index (χ4n) is 2.45. The van der Waals surface area contributed by atoms with E-state index in [0.717, 1.165) is 5.56 Å². The average Bonchev–Trinajstić information content (AvgIpc) is 2.54. The number of nitro groups is 1. The van der Waals surface area contributed by atoms with Crippen LogP contribution in [0.4, 0.5) is 16.2 Å². The minimum atomic E-state index is -0.606. The van der Waals surface area contributed by atoms with Crippen molar-refractivity contribution in [1.29, 1.82) is 0 Å². The molecule has 2 rings (SSSR count). The third-order valence-corrected chi connectivity index (χ3v) is 3.49. The Bertz CT molecular complexity index is 781. The molecule has 0 N–H and O–H groups in total. The van der Waals surface area contributed by atoms with Gasteiger partial charge >= 0.3 is 6.09 Å². The summed E-state index contributed by atoms with van der Waals surface area (Å²) in [6.07, 6.45) is -0.451. The van der Waals surface area contributed by atoms with E-state index in [2.05, 4.69) is 0 Å². The van der Waals surface area contributed by atoms with Crippen LogP contribution in [0.15, 0.2) is 48.5 Å². The molecule has 132 valence electrons. The first-order chi connectivity index (χ1) is 11.7. The minimum absolute atomic E-state index is 0.00706. The molecule has 2 aromatic rings. The van der Waals surface area contributed by atoms with Gasteiger partial charge in [0.2, 0.25) is 0 Å². The maximum Gasteiger partial charge on any atom is 0.414 e. The normalized spacial score (nSPS) is 11.0. The number of nitro benzene ring substituents is 1. The monoisotopic (exact) mass is 342 g/mol. The zero-order valence-corrected chi connectivity index (χ0v) is 14.9. The lowest BCUT2D eigenvalue weighted by Crippen LogP contribution is -2.37. The van der Waals surface area contributed by atoms with Crippen molar-refractivity contribution in [2.45, 2.75) is 33.3 Å². The van der Waals surface area contributed by atoms with Crippen molar-refractivity contribution < 1.29 is 14.5 Å². The summed E-state index contributed by atoms with van der Waals surface area (Å²) >= 11 is 0. The zero-order valence-electron chi connectivity index (χ0n) is 14.9. The molecule has 6 heteroatoms. The Balaban J connectivity index is 2.48. The summed E-state index contributed by atoms with van der Waals surface area (Å²) < 4.78 is 5.48. The van der Waals surface area contributed by atoms with E-state index in [-0.39, 0.29) is 5.69 Å². The van der Waals surface area contributed by atoms with E-state index in [1.807, 2.05) is 52.0 Å². The van der Waals surface area contributed by atoms with Crippen molar-refractivity contribution in [3.8, 4) is 11.1 Å². The van der Waals surface area contributed by atoms with Gasteiger partial charge in [-0.15, -0.1) is 0 Å². The number of hydrogen-bond donors (Lipinski definition) is 0. The van der Waals surface area contributed by atoms with E-state index in [0.29, 0.717) is 17.8 Å². The van der Waals surface area contributed by atoms with Crippen molar-refractivity contribution in [2.24, 2.45) is 0 Å². The number of non-ortho nitro benzene ring substituents is 1. The highest BCUT2D eigenvalue weighted by molar-refractivity contribution is 5.94. The lowest BCUT2D eigenvalue weighted by molar-refractivity contribution is -0.384. The van der Waals surface area contributed by atoms with Crippen LogP contribution in [-0.2, 0) is 4.74 Å². The van der Waals surface area contributed by atoms with E-state index in [1.165, 1.54) is 17.0 Å². The van der Waals surface area contributed by atoms with Crippen molar-refractivity contribution in [2.75, 3.05) is 11.4 Å². The van der Waals surface area contributed by atoms with Gasteiger partial charge in [-0.25, -0.2) is 4.79 Å². The Morgan fingerprint density at radius 1 is 1.16 bits per heavy atom. The van der Waals surface area contributed by atoms with Gasteiger partial charge in [0.15, 0.2) is 0 Å². The first-order valence-corrected chi connectivity index (χ1v) is 8.07. The summed E-state index contributed by atoms with van der Waals surface area (Å²) in [6.45, 7) is 7.70. The molecule has 0 saturated carbocycles. The molecule has 2 aromatic carbocycles. The van der Waals surface area contributed by atoms with Crippen LogP contribution >= 0.6 is 0 Å². The molecule has 0 radical (unpaired) electrons. The van der Waals surface area contributed by atoms with E-state index in [1.54, 1.807) is 12.1 Å². The minimum Gasteiger partial charge on any atom is -0.443 e. The van der Waals surface area contributed by atoms with Gasteiger partial charge in [0.25, 0.3) is 5.69 Å². The Morgan fingerprint density at radius 2 is 1.84 bits per heavy atom. The summed E-state index contributed by atoms with van der Waals surface area (Å²) in [6, 6.07) is 13.7. The van der Waals surface area contributed by atoms with E-state index < -0.39 is 16.6 Å². The molecule has 6 nitrogen and oxygen atoms in total. The fraction of sp³-hybridized carbons (Fsp3) is 0.316. The number of carbonyl (C=O) groups excluding carboxylic acids is 1. The first kappa shape index (κ1) is 18.4. The molecule has 0 aliphatic heterocycles. The van der Waals surface area contributed by atoms with Gasteiger partial charge in [-0.05, 0) is 39.3 Å². The number of hydrogen-bond acceptors (Lipinski definition) is 4. The number of rotatable bonds is 4. The number of para-hydroxylation sites is 1. The SMILES string of the molecule is CCN(C(=O)OC(C)(C)C)c1ccccc1-c1cccc([N+](=O)[O-])c1. The largest absolute Gasteiger partial charge is 0.443 e. The van der Waals surface area contributed by atoms with Crippen molar-refractivity contribution in [1.82, 2.24) is 0 Å². The van der Waals surface area contributed by atoms with Gasteiger partial charge in [-0.2, -0.15) is 0 Å². The second kappa shape index (κ2) is 7.34. The van der Waals surface area contributed by atoms with Gasteiger partial charge < -0.3 is 4.74 Å². The van der Waals surface area contributed by atoms with Crippen LogP contribution in [0.5, 0.6) is 0 Å². The third-order valence-electron chi connectivity index (χ3n) is 3.49. The van der Waals surface area contributed by atoms with Crippen molar-refractivity contribution >= 4 is 17.5 Å². The van der Waals surface area contributed by atoms with E-state index in [4.69, 9.17) is 4.74 Å². The summed E-state index contributed by atoms with van der Waals surface area (Å²) in [7, 11) is 0. The molecule has 0 atom stereocenters. The van der Waals surface area contributed by atoms with Gasteiger partial charge in [0, 0.05) is 24.2 Å². The summed E-state index contributed by atoms with van der Waals surface area (Å²) in [5.74, 6) is 0. The number of carbonyl (C=O) groups is 1. The lowest BCUT2D eigenvalue weighted by atomic mass is 10.0. The van der Waals surface area contributed by atoms with Gasteiger partial charge in [0.1, 0.15) is 5.60 Å². The van der Waals surface area contributed by atoms with Crippen molar-refractivity contribution in [3.05, 3.63) is 58.6 Å². The molecule has 1 amide bonds. The summed E-state index contributed by atoms with van der Waals surface area (Å²) in [5.41, 5.74) is 1.46. The Hall–Kier alpha value is -2.89. The van der Waals surface area contributed by atoms with Crippen LogP contribution in [0.3, 0.4) is 0 Å². The average molecular weight is 342 g/mol. The Kier molecular flexibility index (Phi) is 5.41. The first-order valence-electron chi connectivity index (χ1n) is 8.07. The number of benzene rings is 2. The van der Waals surface area contributed by atoms with E-state index in [9.17, 15) is 14.9 Å². The molecule has 0 fully saturated rings. The number of amides is 1. The highest BCUT2D eigenvalue weighted by Gasteiger charge is 2.24. The predicted octanol–water partition coefficient (Wildman–Crippen LogP) is 5.02. The highest BCUT2D eigenvalue weighted by atomic mass is 16.6. The number of ether oxygens (including phenoxy) is 1.